The van der Waals surface area contributed by atoms with Crippen molar-refractivity contribution < 1.29 is 22.9 Å². The summed E-state index contributed by atoms with van der Waals surface area (Å²) < 4.78 is 29.5. The number of carbonyl (C=O) groups excluding carboxylic acids is 1. The zero-order valence-corrected chi connectivity index (χ0v) is 18.4. The number of nitrogens with zero attached hydrogens (tertiary/aromatic N) is 2. The van der Waals surface area contributed by atoms with E-state index >= 15 is 0 Å². The molecule has 9 heteroatoms. The highest BCUT2D eigenvalue weighted by Crippen LogP contribution is 2.23. The standard InChI is InChI=1S/C22H26N2O6S/c1-16(2)18-8-6-17(7-9-18)13-23(20-10-11-31(28,29)15-20)22(25)14-30-21-5-3-4-19(12-21)24(26)27/h3-9,12,16,20H,10-11,13-15H2,1-2H3/t20-/m1/s1. The summed E-state index contributed by atoms with van der Waals surface area (Å²) in [7, 11) is -3.18. The molecule has 1 atom stereocenters. The van der Waals surface area contributed by atoms with Crippen LogP contribution < -0.4 is 4.74 Å². The van der Waals surface area contributed by atoms with Gasteiger partial charge in [-0.05, 0) is 29.5 Å². The molecule has 166 valence electrons. The third-order valence-electron chi connectivity index (χ3n) is 5.36. The van der Waals surface area contributed by atoms with Crippen molar-refractivity contribution in [3.05, 3.63) is 69.8 Å². The van der Waals surface area contributed by atoms with E-state index in [1.54, 1.807) is 4.90 Å². The molecule has 3 rings (SSSR count). The number of non-ortho nitro benzene ring substituents is 1. The van der Waals surface area contributed by atoms with Crippen LogP contribution in [0.1, 0.15) is 37.3 Å². The summed E-state index contributed by atoms with van der Waals surface area (Å²) >= 11 is 0. The molecular formula is C22H26N2O6S. The van der Waals surface area contributed by atoms with Gasteiger partial charge in [-0.25, -0.2) is 8.42 Å². The molecule has 0 aliphatic carbocycles. The number of sulfone groups is 1. The van der Waals surface area contributed by atoms with Crippen molar-refractivity contribution in [2.45, 2.75) is 38.8 Å². The topological polar surface area (TPSA) is 107 Å². The van der Waals surface area contributed by atoms with E-state index in [2.05, 4.69) is 13.8 Å². The number of nitro groups is 1. The number of nitro benzene ring substituents is 1. The van der Waals surface area contributed by atoms with Crippen molar-refractivity contribution in [1.82, 2.24) is 4.90 Å². The van der Waals surface area contributed by atoms with E-state index in [0.717, 1.165) is 5.56 Å². The van der Waals surface area contributed by atoms with E-state index < -0.39 is 20.8 Å². The van der Waals surface area contributed by atoms with Gasteiger partial charge in [0.15, 0.2) is 16.4 Å². The van der Waals surface area contributed by atoms with Crippen LogP contribution in [0.2, 0.25) is 0 Å². The fourth-order valence-electron chi connectivity index (χ4n) is 3.56. The van der Waals surface area contributed by atoms with Crippen molar-refractivity contribution in [3.63, 3.8) is 0 Å². The van der Waals surface area contributed by atoms with Gasteiger partial charge in [0.2, 0.25) is 0 Å². The van der Waals surface area contributed by atoms with Gasteiger partial charge in [0.25, 0.3) is 11.6 Å². The van der Waals surface area contributed by atoms with Gasteiger partial charge in [0.05, 0.1) is 22.5 Å². The van der Waals surface area contributed by atoms with Crippen molar-refractivity contribution in [2.24, 2.45) is 0 Å². The Labute approximate surface area is 181 Å². The second kappa shape index (κ2) is 9.47. The van der Waals surface area contributed by atoms with E-state index in [9.17, 15) is 23.3 Å². The highest BCUT2D eigenvalue weighted by molar-refractivity contribution is 7.91. The van der Waals surface area contributed by atoms with Crippen LogP contribution >= 0.6 is 0 Å². The fourth-order valence-corrected chi connectivity index (χ4v) is 5.29. The molecule has 0 aromatic heterocycles. The van der Waals surface area contributed by atoms with Crippen molar-refractivity contribution in [1.29, 1.82) is 0 Å². The highest BCUT2D eigenvalue weighted by atomic mass is 32.2. The Morgan fingerprint density at radius 1 is 1.23 bits per heavy atom. The first kappa shape index (κ1) is 22.7. The van der Waals surface area contributed by atoms with Crippen LogP contribution in [0.5, 0.6) is 5.75 Å². The summed E-state index contributed by atoms with van der Waals surface area (Å²) in [5.74, 6) is 0.221. The van der Waals surface area contributed by atoms with Gasteiger partial charge in [-0.3, -0.25) is 14.9 Å². The molecule has 1 aliphatic rings. The Hall–Kier alpha value is -2.94. The van der Waals surface area contributed by atoms with Gasteiger partial charge in [-0.1, -0.05) is 44.2 Å². The smallest absolute Gasteiger partial charge is 0.273 e. The van der Waals surface area contributed by atoms with Gasteiger partial charge >= 0.3 is 0 Å². The van der Waals surface area contributed by atoms with Crippen LogP contribution in [0.15, 0.2) is 48.5 Å². The molecule has 2 aromatic rings. The molecule has 1 aliphatic heterocycles. The molecule has 1 heterocycles. The molecule has 0 saturated carbocycles. The summed E-state index contributed by atoms with van der Waals surface area (Å²) in [4.78, 5) is 24.9. The quantitative estimate of drug-likeness (QED) is 0.455. The Morgan fingerprint density at radius 3 is 2.52 bits per heavy atom. The molecule has 1 fully saturated rings. The van der Waals surface area contributed by atoms with Crippen molar-refractivity contribution >= 4 is 21.4 Å². The van der Waals surface area contributed by atoms with E-state index in [-0.39, 0.29) is 42.0 Å². The van der Waals surface area contributed by atoms with Crippen LogP contribution in [-0.4, -0.2) is 48.3 Å². The second-order valence-corrected chi connectivity index (χ2v) is 10.2. The molecule has 0 N–H and O–H groups in total. The van der Waals surface area contributed by atoms with Crippen LogP contribution in [0.3, 0.4) is 0 Å². The molecule has 1 amide bonds. The fraction of sp³-hybridized carbons (Fsp3) is 0.409. The summed E-state index contributed by atoms with van der Waals surface area (Å²) in [6.45, 7) is 4.14. The van der Waals surface area contributed by atoms with Gasteiger partial charge in [-0.2, -0.15) is 0 Å². The average Bonchev–Trinajstić information content (AvgIpc) is 3.10. The Kier molecular flexibility index (Phi) is 6.94. The van der Waals surface area contributed by atoms with E-state index in [1.807, 2.05) is 24.3 Å². The molecule has 0 unspecified atom stereocenters. The third-order valence-corrected chi connectivity index (χ3v) is 7.11. The lowest BCUT2D eigenvalue weighted by Crippen LogP contribution is -2.43. The zero-order valence-electron chi connectivity index (χ0n) is 17.6. The highest BCUT2D eigenvalue weighted by Gasteiger charge is 2.34. The molecule has 2 aromatic carbocycles. The number of rotatable bonds is 8. The predicted molar refractivity (Wildman–Crippen MR) is 117 cm³/mol. The number of amides is 1. The number of ether oxygens (including phenoxy) is 1. The molecule has 31 heavy (non-hydrogen) atoms. The number of carbonyl (C=O) groups is 1. The lowest BCUT2D eigenvalue weighted by Gasteiger charge is -2.28. The average molecular weight is 447 g/mol. The first-order chi connectivity index (χ1) is 14.6. The molecule has 1 saturated heterocycles. The molecule has 0 spiro atoms. The molecule has 8 nitrogen and oxygen atoms in total. The minimum atomic E-state index is -3.18. The van der Waals surface area contributed by atoms with Gasteiger partial charge in [0, 0.05) is 18.7 Å². The number of hydrogen-bond donors (Lipinski definition) is 0. The number of benzene rings is 2. The first-order valence-electron chi connectivity index (χ1n) is 10.1. The van der Waals surface area contributed by atoms with Crippen molar-refractivity contribution in [3.8, 4) is 5.75 Å². The Bertz CT molecular complexity index is 1050. The number of hydrogen-bond acceptors (Lipinski definition) is 6. The van der Waals surface area contributed by atoms with Gasteiger partial charge in [-0.15, -0.1) is 0 Å². The summed E-state index contributed by atoms with van der Waals surface area (Å²) in [6, 6.07) is 13.1. The predicted octanol–water partition coefficient (Wildman–Crippen LogP) is 3.31. The lowest BCUT2D eigenvalue weighted by atomic mass is 10.0. The Balaban J connectivity index is 1.74. The first-order valence-corrected chi connectivity index (χ1v) is 11.9. The molecule has 0 radical (unpaired) electrons. The summed E-state index contributed by atoms with van der Waals surface area (Å²) in [5.41, 5.74) is 1.95. The van der Waals surface area contributed by atoms with Crippen molar-refractivity contribution in [2.75, 3.05) is 18.1 Å². The van der Waals surface area contributed by atoms with Crippen LogP contribution in [-0.2, 0) is 21.2 Å². The molecule has 0 bridgehead atoms. The maximum absolute atomic E-state index is 13.0. The van der Waals surface area contributed by atoms with Crippen LogP contribution in [0.25, 0.3) is 0 Å². The maximum Gasteiger partial charge on any atom is 0.273 e. The van der Waals surface area contributed by atoms with E-state index in [4.69, 9.17) is 4.74 Å². The van der Waals surface area contributed by atoms with E-state index in [1.165, 1.54) is 29.8 Å². The summed E-state index contributed by atoms with van der Waals surface area (Å²) in [6.07, 6.45) is 0.384. The van der Waals surface area contributed by atoms with Gasteiger partial charge in [0.1, 0.15) is 5.75 Å². The zero-order chi connectivity index (χ0) is 22.6. The van der Waals surface area contributed by atoms with Crippen LogP contribution in [0.4, 0.5) is 5.69 Å². The maximum atomic E-state index is 13.0. The van der Waals surface area contributed by atoms with Crippen LogP contribution in [0, 0.1) is 10.1 Å². The van der Waals surface area contributed by atoms with E-state index in [0.29, 0.717) is 12.3 Å². The lowest BCUT2D eigenvalue weighted by molar-refractivity contribution is -0.384. The third kappa shape index (κ3) is 6.04. The SMILES string of the molecule is CC(C)c1ccc(CN(C(=O)COc2cccc([N+](=O)[O-])c2)[C@@H]2CCS(=O)(=O)C2)cc1. The monoisotopic (exact) mass is 446 g/mol. The minimum Gasteiger partial charge on any atom is -0.484 e. The largest absolute Gasteiger partial charge is 0.484 e. The molecular weight excluding hydrogens is 420 g/mol. The summed E-state index contributed by atoms with van der Waals surface area (Å²) in [5, 5.41) is 10.9. The van der Waals surface area contributed by atoms with Gasteiger partial charge < -0.3 is 9.64 Å². The minimum absolute atomic E-state index is 0.0550. The normalized spacial score (nSPS) is 17.5. The second-order valence-electron chi connectivity index (χ2n) is 8.02. The Morgan fingerprint density at radius 2 is 1.94 bits per heavy atom.